The monoisotopic (exact) mass is 299 g/mol. The van der Waals surface area contributed by atoms with E-state index in [1.54, 1.807) is 7.11 Å². The van der Waals surface area contributed by atoms with Gasteiger partial charge in [-0.25, -0.2) is 0 Å². The number of carbonyl (C=O) groups excluding carboxylic acids is 1. The number of benzene rings is 1. The smallest absolute Gasteiger partial charge is 0.238 e. The van der Waals surface area contributed by atoms with Crippen molar-refractivity contribution in [3.63, 3.8) is 0 Å². The minimum absolute atomic E-state index is 0.0000674. The zero-order valence-electron chi connectivity index (χ0n) is 11.0. The highest BCUT2D eigenvalue weighted by atomic mass is 35.5. The maximum absolute atomic E-state index is 12.0. The fourth-order valence-electron chi connectivity index (χ4n) is 2.35. The van der Waals surface area contributed by atoms with Crippen LogP contribution in [-0.4, -0.2) is 41.8 Å². The van der Waals surface area contributed by atoms with Crippen LogP contribution >= 0.6 is 23.4 Å². The molecule has 19 heavy (non-hydrogen) atoms. The molecule has 0 saturated carbocycles. The Balaban J connectivity index is 2.33. The third-order valence-electron chi connectivity index (χ3n) is 3.27. The predicted molar refractivity (Wildman–Crippen MR) is 80.1 cm³/mol. The number of alkyl halides is 1. The molecule has 2 rings (SSSR count). The molecule has 1 amide bonds. The molecule has 1 fully saturated rings. The molecule has 1 aliphatic rings. The van der Waals surface area contributed by atoms with Gasteiger partial charge in [-0.15, -0.1) is 11.6 Å². The summed E-state index contributed by atoms with van der Waals surface area (Å²) in [6.45, 7) is 0.765. The molecule has 5 heteroatoms. The molecule has 0 spiro atoms. The molecule has 1 unspecified atom stereocenters. The first kappa shape index (κ1) is 14.5. The number of hydrogen-bond donors (Lipinski definition) is 0. The van der Waals surface area contributed by atoms with E-state index in [0.717, 1.165) is 35.8 Å². The van der Waals surface area contributed by atoms with Crippen LogP contribution in [0.15, 0.2) is 24.3 Å². The van der Waals surface area contributed by atoms with Crippen LogP contribution in [0.25, 0.3) is 0 Å². The first-order valence-electron chi connectivity index (χ1n) is 6.34. The second kappa shape index (κ2) is 7.06. The van der Waals surface area contributed by atoms with Gasteiger partial charge in [-0.2, -0.15) is 11.8 Å². The molecule has 3 nitrogen and oxygen atoms in total. The Hall–Kier alpha value is -0.870. The normalized spacial score (nSPS) is 19.9. The Morgan fingerprint density at radius 1 is 1.53 bits per heavy atom. The summed E-state index contributed by atoms with van der Waals surface area (Å²) in [7, 11) is 1.66. The van der Waals surface area contributed by atoms with Crippen molar-refractivity contribution < 1.29 is 9.53 Å². The molecule has 0 N–H and O–H groups in total. The fourth-order valence-corrected chi connectivity index (χ4v) is 3.59. The van der Waals surface area contributed by atoms with Crippen LogP contribution in [0.2, 0.25) is 0 Å². The Bertz CT molecular complexity index is 441. The van der Waals surface area contributed by atoms with E-state index >= 15 is 0 Å². The average molecular weight is 300 g/mol. The molecule has 0 radical (unpaired) electrons. The Morgan fingerprint density at radius 3 is 3.05 bits per heavy atom. The fraction of sp³-hybridized carbons (Fsp3) is 0.500. The second-order valence-corrected chi connectivity index (χ2v) is 5.82. The number of halogens is 1. The van der Waals surface area contributed by atoms with E-state index in [0.29, 0.717) is 0 Å². The standard InChI is InChI=1S/C14H18ClNO2S/c1-18-13-6-3-2-5-11(13)12-10-19-8-4-7-16(12)14(17)9-15/h2-3,5-6,12H,4,7-10H2,1H3. The summed E-state index contributed by atoms with van der Waals surface area (Å²) in [4.78, 5) is 13.9. The third-order valence-corrected chi connectivity index (χ3v) is 4.63. The highest BCUT2D eigenvalue weighted by Crippen LogP contribution is 2.34. The lowest BCUT2D eigenvalue weighted by atomic mass is 10.1. The maximum atomic E-state index is 12.0. The molecule has 1 aliphatic heterocycles. The summed E-state index contributed by atoms with van der Waals surface area (Å²) < 4.78 is 5.42. The van der Waals surface area contributed by atoms with Gasteiger partial charge in [0.2, 0.25) is 5.91 Å². The van der Waals surface area contributed by atoms with E-state index in [2.05, 4.69) is 0 Å². The van der Waals surface area contributed by atoms with E-state index in [-0.39, 0.29) is 17.8 Å². The zero-order valence-corrected chi connectivity index (χ0v) is 12.5. The molecule has 0 bridgehead atoms. The van der Waals surface area contributed by atoms with Gasteiger partial charge in [0, 0.05) is 17.9 Å². The lowest BCUT2D eigenvalue weighted by Gasteiger charge is -2.30. The Morgan fingerprint density at radius 2 is 2.32 bits per heavy atom. The summed E-state index contributed by atoms with van der Waals surface area (Å²) in [5, 5.41) is 0. The quantitative estimate of drug-likeness (QED) is 0.804. The number of amides is 1. The lowest BCUT2D eigenvalue weighted by Crippen LogP contribution is -2.37. The number of hydrogen-bond acceptors (Lipinski definition) is 3. The van der Waals surface area contributed by atoms with Gasteiger partial charge in [-0.05, 0) is 18.2 Å². The van der Waals surface area contributed by atoms with Gasteiger partial charge in [-0.1, -0.05) is 18.2 Å². The maximum Gasteiger partial charge on any atom is 0.238 e. The molecule has 1 aromatic rings. The first-order valence-corrected chi connectivity index (χ1v) is 8.03. The van der Waals surface area contributed by atoms with Crippen molar-refractivity contribution >= 4 is 29.3 Å². The first-order chi connectivity index (χ1) is 9.27. The summed E-state index contributed by atoms with van der Waals surface area (Å²) in [5.41, 5.74) is 1.07. The van der Waals surface area contributed by atoms with Crippen LogP contribution in [0.1, 0.15) is 18.0 Å². The van der Waals surface area contributed by atoms with Gasteiger partial charge in [0.05, 0.1) is 13.2 Å². The molecule has 1 heterocycles. The molecular formula is C14H18ClNO2S. The van der Waals surface area contributed by atoms with Crippen LogP contribution in [0.3, 0.4) is 0 Å². The molecule has 0 aliphatic carbocycles. The number of ether oxygens (including phenoxy) is 1. The third kappa shape index (κ3) is 3.37. The number of methoxy groups -OCH3 is 1. The van der Waals surface area contributed by atoms with Crippen molar-refractivity contribution in [2.75, 3.05) is 31.0 Å². The van der Waals surface area contributed by atoms with Crippen LogP contribution in [0, 0.1) is 0 Å². The minimum atomic E-state index is 0.0000674. The van der Waals surface area contributed by atoms with Gasteiger partial charge < -0.3 is 9.64 Å². The van der Waals surface area contributed by atoms with E-state index in [1.165, 1.54) is 0 Å². The van der Waals surface area contributed by atoms with Crippen LogP contribution in [0.4, 0.5) is 0 Å². The molecule has 1 saturated heterocycles. The van der Waals surface area contributed by atoms with E-state index < -0.39 is 0 Å². The van der Waals surface area contributed by atoms with Crippen LogP contribution in [0.5, 0.6) is 5.75 Å². The van der Waals surface area contributed by atoms with E-state index in [4.69, 9.17) is 16.3 Å². The van der Waals surface area contributed by atoms with Gasteiger partial charge >= 0.3 is 0 Å². The van der Waals surface area contributed by atoms with Crippen LogP contribution < -0.4 is 4.74 Å². The number of thioether (sulfide) groups is 1. The molecule has 1 atom stereocenters. The SMILES string of the molecule is COc1ccccc1C1CSCCCN1C(=O)CCl. The summed E-state index contributed by atoms with van der Waals surface area (Å²) in [6.07, 6.45) is 1.01. The predicted octanol–water partition coefficient (Wildman–Crippen LogP) is 2.94. The van der Waals surface area contributed by atoms with Crippen molar-refractivity contribution in [1.82, 2.24) is 4.90 Å². The van der Waals surface area contributed by atoms with Crippen LogP contribution in [-0.2, 0) is 4.79 Å². The highest BCUT2D eigenvalue weighted by molar-refractivity contribution is 7.99. The topological polar surface area (TPSA) is 29.5 Å². The van der Waals surface area contributed by atoms with Gasteiger partial charge in [0.25, 0.3) is 0 Å². The van der Waals surface area contributed by atoms with Crippen molar-refractivity contribution in [3.8, 4) is 5.75 Å². The molecule has 1 aromatic carbocycles. The number of nitrogens with zero attached hydrogens (tertiary/aromatic N) is 1. The Labute approximate surface area is 123 Å². The average Bonchev–Trinajstić information content (AvgIpc) is 2.72. The Kier molecular flexibility index (Phi) is 5.40. The molecule has 0 aromatic heterocycles. The summed E-state index contributed by atoms with van der Waals surface area (Å²) in [6, 6.07) is 7.95. The zero-order chi connectivity index (χ0) is 13.7. The largest absolute Gasteiger partial charge is 0.496 e. The van der Waals surface area contributed by atoms with Gasteiger partial charge in [0.15, 0.2) is 0 Å². The van der Waals surface area contributed by atoms with Crippen molar-refractivity contribution in [3.05, 3.63) is 29.8 Å². The number of para-hydroxylation sites is 1. The summed E-state index contributed by atoms with van der Waals surface area (Å²) >= 11 is 7.61. The lowest BCUT2D eigenvalue weighted by molar-refractivity contribution is -0.130. The van der Waals surface area contributed by atoms with Gasteiger partial charge in [-0.3, -0.25) is 4.79 Å². The van der Waals surface area contributed by atoms with Crippen molar-refractivity contribution in [2.24, 2.45) is 0 Å². The van der Waals surface area contributed by atoms with E-state index in [1.807, 2.05) is 40.9 Å². The van der Waals surface area contributed by atoms with Gasteiger partial charge in [0.1, 0.15) is 11.6 Å². The molecular weight excluding hydrogens is 282 g/mol. The molecule has 104 valence electrons. The van der Waals surface area contributed by atoms with Crippen molar-refractivity contribution in [2.45, 2.75) is 12.5 Å². The number of carbonyl (C=O) groups is 1. The van der Waals surface area contributed by atoms with E-state index in [9.17, 15) is 4.79 Å². The summed E-state index contributed by atoms with van der Waals surface area (Å²) in [5.74, 6) is 2.85. The minimum Gasteiger partial charge on any atom is -0.496 e. The van der Waals surface area contributed by atoms with Crippen molar-refractivity contribution in [1.29, 1.82) is 0 Å². The second-order valence-electron chi connectivity index (χ2n) is 4.41. The highest BCUT2D eigenvalue weighted by Gasteiger charge is 2.28. The number of rotatable bonds is 3.